The van der Waals surface area contributed by atoms with Crippen molar-refractivity contribution in [1.29, 1.82) is 0 Å². The molecule has 1 unspecified atom stereocenters. The Bertz CT molecular complexity index is 1130. The van der Waals surface area contributed by atoms with Crippen molar-refractivity contribution in [3.63, 3.8) is 0 Å². The lowest BCUT2D eigenvalue weighted by atomic mass is 9.93. The molecule has 172 valence electrons. The van der Waals surface area contributed by atoms with Crippen LogP contribution in [0.4, 0.5) is 4.79 Å². The SMILES string of the molecule is CCCCN1C(=O)NC(c2ccc(CC)cc2)C(c2nc(-c3ccc(CC)cc3)no2)=C1C. The maximum absolute atomic E-state index is 13.0. The number of carbonyl (C=O) groups excluding carboxylic acids is 1. The van der Waals surface area contributed by atoms with E-state index in [4.69, 9.17) is 9.51 Å². The summed E-state index contributed by atoms with van der Waals surface area (Å²) in [6.45, 7) is 9.00. The van der Waals surface area contributed by atoms with Crippen molar-refractivity contribution >= 4 is 11.6 Å². The average molecular weight is 445 g/mol. The quantitative estimate of drug-likeness (QED) is 0.452. The number of aromatic nitrogens is 2. The second-order valence-corrected chi connectivity index (χ2v) is 8.46. The zero-order valence-corrected chi connectivity index (χ0v) is 19.9. The van der Waals surface area contributed by atoms with Crippen LogP contribution in [0.1, 0.15) is 69.2 Å². The van der Waals surface area contributed by atoms with Crippen LogP contribution in [-0.2, 0) is 12.8 Å². The third-order valence-electron chi connectivity index (χ3n) is 6.33. The van der Waals surface area contributed by atoms with E-state index in [9.17, 15) is 4.79 Å². The Morgan fingerprint density at radius 1 is 0.970 bits per heavy atom. The summed E-state index contributed by atoms with van der Waals surface area (Å²) in [5.41, 5.74) is 6.12. The van der Waals surface area contributed by atoms with Crippen LogP contribution in [-0.4, -0.2) is 27.6 Å². The fraction of sp³-hybridized carbons (Fsp3) is 0.370. The molecule has 1 aliphatic rings. The summed E-state index contributed by atoms with van der Waals surface area (Å²) in [5.74, 6) is 0.984. The van der Waals surface area contributed by atoms with Crippen LogP contribution in [0.2, 0.25) is 0 Å². The number of unbranched alkanes of at least 4 members (excludes halogenated alkanes) is 1. The molecular weight excluding hydrogens is 412 g/mol. The van der Waals surface area contributed by atoms with Crippen molar-refractivity contribution in [2.24, 2.45) is 0 Å². The Kier molecular flexibility index (Phi) is 6.92. The van der Waals surface area contributed by atoms with Crippen molar-refractivity contribution < 1.29 is 9.32 Å². The second kappa shape index (κ2) is 10.0. The molecule has 0 saturated carbocycles. The molecule has 1 atom stereocenters. The van der Waals surface area contributed by atoms with Gasteiger partial charge in [-0.05, 0) is 42.9 Å². The zero-order chi connectivity index (χ0) is 23.4. The molecule has 0 spiro atoms. The first kappa shape index (κ1) is 22.8. The lowest BCUT2D eigenvalue weighted by Crippen LogP contribution is -2.46. The third-order valence-corrected chi connectivity index (χ3v) is 6.33. The molecule has 0 aliphatic carbocycles. The highest BCUT2D eigenvalue weighted by molar-refractivity contribution is 5.86. The normalized spacial score (nSPS) is 16.3. The van der Waals surface area contributed by atoms with Crippen LogP contribution >= 0.6 is 0 Å². The Morgan fingerprint density at radius 3 is 2.21 bits per heavy atom. The van der Waals surface area contributed by atoms with E-state index in [2.05, 4.69) is 67.6 Å². The smallest absolute Gasteiger partial charge is 0.322 e. The van der Waals surface area contributed by atoms with Crippen LogP contribution in [0.15, 0.2) is 58.8 Å². The minimum atomic E-state index is -0.350. The van der Waals surface area contributed by atoms with Crippen molar-refractivity contribution in [3.8, 4) is 11.4 Å². The van der Waals surface area contributed by atoms with Gasteiger partial charge in [-0.2, -0.15) is 4.98 Å². The number of nitrogens with one attached hydrogen (secondary N) is 1. The van der Waals surface area contributed by atoms with Crippen LogP contribution in [0, 0.1) is 0 Å². The van der Waals surface area contributed by atoms with Gasteiger partial charge in [-0.3, -0.25) is 4.90 Å². The summed E-state index contributed by atoms with van der Waals surface area (Å²) in [6.07, 6.45) is 3.88. The molecule has 1 aromatic heterocycles. The molecule has 6 heteroatoms. The standard InChI is InChI=1S/C27H32N4O2/c1-5-8-17-31-18(4)23(24(28-27(31)32)21-13-9-19(6-2)10-14-21)26-29-25(30-33-26)22-15-11-20(7-3)12-16-22/h9-16,24H,5-8,17H2,1-4H3,(H,28,32). The second-order valence-electron chi connectivity index (χ2n) is 8.46. The maximum Gasteiger partial charge on any atom is 0.322 e. The van der Waals surface area contributed by atoms with Gasteiger partial charge in [0.05, 0.1) is 11.6 Å². The van der Waals surface area contributed by atoms with Crippen molar-refractivity contribution in [2.45, 2.75) is 59.4 Å². The van der Waals surface area contributed by atoms with Gasteiger partial charge in [0.15, 0.2) is 0 Å². The molecule has 3 aromatic rings. The van der Waals surface area contributed by atoms with Gasteiger partial charge < -0.3 is 9.84 Å². The molecule has 4 rings (SSSR count). The van der Waals surface area contributed by atoms with E-state index in [1.165, 1.54) is 11.1 Å². The number of amides is 2. The van der Waals surface area contributed by atoms with Crippen molar-refractivity contribution in [3.05, 3.63) is 76.8 Å². The minimum absolute atomic E-state index is 0.0934. The Labute approximate surface area is 195 Å². The zero-order valence-electron chi connectivity index (χ0n) is 19.9. The highest BCUT2D eigenvalue weighted by Gasteiger charge is 2.35. The molecular formula is C27H32N4O2. The van der Waals surface area contributed by atoms with E-state index < -0.39 is 0 Å². The van der Waals surface area contributed by atoms with Gasteiger partial charge in [-0.1, -0.05) is 80.9 Å². The van der Waals surface area contributed by atoms with Crippen molar-refractivity contribution in [2.75, 3.05) is 6.54 Å². The summed E-state index contributed by atoms with van der Waals surface area (Å²) in [5, 5.41) is 7.44. The number of urea groups is 1. The first-order valence-electron chi connectivity index (χ1n) is 11.9. The molecule has 0 bridgehead atoms. The number of hydrogen-bond donors (Lipinski definition) is 1. The topological polar surface area (TPSA) is 71.3 Å². The molecule has 0 saturated heterocycles. The molecule has 2 heterocycles. The van der Waals surface area contributed by atoms with Crippen LogP contribution < -0.4 is 5.32 Å². The Morgan fingerprint density at radius 2 is 1.61 bits per heavy atom. The van der Waals surface area contributed by atoms with E-state index in [1.807, 2.05) is 19.1 Å². The van der Waals surface area contributed by atoms with Gasteiger partial charge in [-0.15, -0.1) is 0 Å². The largest absolute Gasteiger partial charge is 0.334 e. The molecule has 1 N–H and O–H groups in total. The fourth-order valence-corrected chi connectivity index (χ4v) is 4.18. The number of aryl methyl sites for hydroxylation is 2. The lowest BCUT2D eigenvalue weighted by Gasteiger charge is -2.35. The Balaban J connectivity index is 1.76. The summed E-state index contributed by atoms with van der Waals surface area (Å²) < 4.78 is 5.77. The van der Waals surface area contributed by atoms with Crippen LogP contribution in [0.5, 0.6) is 0 Å². The lowest BCUT2D eigenvalue weighted by molar-refractivity contribution is 0.204. The highest BCUT2D eigenvalue weighted by atomic mass is 16.5. The summed E-state index contributed by atoms with van der Waals surface area (Å²) >= 11 is 0. The van der Waals surface area contributed by atoms with Gasteiger partial charge >= 0.3 is 6.03 Å². The first-order chi connectivity index (χ1) is 16.0. The van der Waals surface area contributed by atoms with Gasteiger partial charge in [0.1, 0.15) is 0 Å². The fourth-order valence-electron chi connectivity index (χ4n) is 4.18. The maximum atomic E-state index is 13.0. The van der Waals surface area contributed by atoms with Crippen molar-refractivity contribution in [1.82, 2.24) is 20.4 Å². The van der Waals surface area contributed by atoms with E-state index in [0.717, 1.165) is 48.1 Å². The average Bonchev–Trinajstić information content (AvgIpc) is 3.33. The molecule has 6 nitrogen and oxygen atoms in total. The predicted octanol–water partition coefficient (Wildman–Crippen LogP) is 6.16. The molecule has 1 aliphatic heterocycles. The summed E-state index contributed by atoms with van der Waals surface area (Å²) in [4.78, 5) is 19.5. The van der Waals surface area contributed by atoms with E-state index in [0.29, 0.717) is 18.3 Å². The number of rotatable bonds is 8. The molecule has 33 heavy (non-hydrogen) atoms. The van der Waals surface area contributed by atoms with E-state index >= 15 is 0 Å². The van der Waals surface area contributed by atoms with Gasteiger partial charge in [-0.25, -0.2) is 4.79 Å². The monoisotopic (exact) mass is 444 g/mol. The Hall–Kier alpha value is -3.41. The highest BCUT2D eigenvalue weighted by Crippen LogP contribution is 2.37. The van der Waals surface area contributed by atoms with Gasteiger partial charge in [0.25, 0.3) is 5.89 Å². The van der Waals surface area contributed by atoms with Gasteiger partial charge in [0, 0.05) is 17.8 Å². The number of carbonyl (C=O) groups is 1. The molecule has 2 aromatic carbocycles. The van der Waals surface area contributed by atoms with E-state index in [-0.39, 0.29) is 12.1 Å². The van der Waals surface area contributed by atoms with Crippen LogP contribution in [0.25, 0.3) is 17.0 Å². The number of allylic oxidation sites excluding steroid dienone is 1. The predicted molar refractivity (Wildman–Crippen MR) is 130 cm³/mol. The number of benzene rings is 2. The summed E-state index contributed by atoms with van der Waals surface area (Å²) in [7, 11) is 0. The van der Waals surface area contributed by atoms with Crippen LogP contribution in [0.3, 0.4) is 0 Å². The molecule has 2 amide bonds. The molecule has 0 radical (unpaired) electrons. The minimum Gasteiger partial charge on any atom is -0.334 e. The molecule has 0 fully saturated rings. The third kappa shape index (κ3) is 4.70. The van der Waals surface area contributed by atoms with Gasteiger partial charge in [0.2, 0.25) is 5.82 Å². The number of nitrogens with zero attached hydrogens (tertiary/aromatic N) is 3. The first-order valence-corrected chi connectivity index (χ1v) is 11.9. The number of hydrogen-bond acceptors (Lipinski definition) is 4. The van der Waals surface area contributed by atoms with E-state index in [1.54, 1.807) is 4.90 Å². The summed E-state index contributed by atoms with van der Waals surface area (Å²) in [6, 6.07) is 16.1.